The van der Waals surface area contributed by atoms with Crippen LogP contribution in [0.4, 0.5) is 18.9 Å². The van der Waals surface area contributed by atoms with Crippen molar-refractivity contribution in [3.63, 3.8) is 0 Å². The molecule has 1 fully saturated rings. The number of ether oxygens (including phenoxy) is 1. The molecule has 0 saturated carbocycles. The second kappa shape index (κ2) is 10.9. The van der Waals surface area contributed by atoms with Crippen LogP contribution in [0.25, 0.3) is 0 Å². The van der Waals surface area contributed by atoms with Crippen molar-refractivity contribution in [1.29, 1.82) is 0 Å². The Hall–Kier alpha value is -3.44. The zero-order valence-electron chi connectivity index (χ0n) is 18.0. The van der Waals surface area contributed by atoms with E-state index in [1.807, 2.05) is 6.92 Å². The quantitative estimate of drug-likeness (QED) is 0.640. The van der Waals surface area contributed by atoms with Crippen molar-refractivity contribution in [1.82, 2.24) is 15.1 Å². The molecule has 0 atom stereocenters. The van der Waals surface area contributed by atoms with E-state index in [0.29, 0.717) is 43.5 Å². The fourth-order valence-corrected chi connectivity index (χ4v) is 3.07. The summed E-state index contributed by atoms with van der Waals surface area (Å²) in [6.07, 6.45) is -0.835. The maximum absolute atomic E-state index is 12.9. The second-order valence-electron chi connectivity index (χ2n) is 7.22. The summed E-state index contributed by atoms with van der Waals surface area (Å²) in [6.45, 7) is 8.62. The van der Waals surface area contributed by atoms with Gasteiger partial charge in [0.2, 0.25) is 0 Å². The lowest BCUT2D eigenvalue weighted by molar-refractivity contribution is -0.137. The van der Waals surface area contributed by atoms with E-state index in [1.54, 1.807) is 24.3 Å². The fourth-order valence-electron chi connectivity index (χ4n) is 3.07. The number of carbonyl (C=O) groups is 1. The Morgan fingerprint density at radius 2 is 2.06 bits per heavy atom. The minimum absolute atomic E-state index is 0.374. The third-order valence-corrected chi connectivity index (χ3v) is 4.87. The van der Waals surface area contributed by atoms with Gasteiger partial charge in [0.05, 0.1) is 37.4 Å². The average Bonchev–Trinajstić information content (AvgIpc) is 2.81. The van der Waals surface area contributed by atoms with Crippen LogP contribution < -0.4 is 5.32 Å². The van der Waals surface area contributed by atoms with E-state index in [2.05, 4.69) is 37.1 Å². The molecule has 1 aliphatic rings. The van der Waals surface area contributed by atoms with Crippen LogP contribution in [0.1, 0.15) is 27.2 Å². The minimum Gasteiger partial charge on any atom is -0.379 e. The molecule has 2 heterocycles. The average molecular weight is 460 g/mol. The Morgan fingerprint density at radius 1 is 1.30 bits per heavy atom. The van der Waals surface area contributed by atoms with Crippen LogP contribution in [0, 0.1) is 6.92 Å². The van der Waals surface area contributed by atoms with Crippen LogP contribution in [-0.4, -0.2) is 66.4 Å². The molecule has 1 aliphatic heterocycles. The summed E-state index contributed by atoms with van der Waals surface area (Å²) < 4.78 is 44.1. The van der Waals surface area contributed by atoms with Gasteiger partial charge >= 0.3 is 6.18 Å². The molecule has 1 saturated heterocycles. The highest BCUT2D eigenvalue weighted by atomic mass is 19.4. The number of hydrogen-bond donors (Lipinski definition) is 1. The number of rotatable bonds is 7. The highest BCUT2D eigenvalue weighted by Gasteiger charge is 2.32. The molecule has 1 N–H and O–H groups in total. The molecule has 33 heavy (non-hydrogen) atoms. The molecular weight excluding hydrogens is 437 g/mol. The Kier molecular flexibility index (Phi) is 8.01. The third-order valence-electron chi connectivity index (χ3n) is 4.87. The smallest absolute Gasteiger partial charge is 0.379 e. The van der Waals surface area contributed by atoms with Crippen molar-refractivity contribution in [2.45, 2.75) is 13.1 Å². The minimum atomic E-state index is -4.63. The molecule has 174 valence electrons. The van der Waals surface area contributed by atoms with Gasteiger partial charge in [0.25, 0.3) is 5.91 Å². The molecule has 1 aromatic heterocycles. The van der Waals surface area contributed by atoms with Crippen LogP contribution in [0.2, 0.25) is 0 Å². The largest absolute Gasteiger partial charge is 0.418 e. The van der Waals surface area contributed by atoms with E-state index in [0.717, 1.165) is 24.2 Å². The zero-order chi connectivity index (χ0) is 23.8. The molecule has 0 radical (unpaired) electrons. The molecule has 1 aromatic carbocycles. The van der Waals surface area contributed by atoms with Crippen molar-refractivity contribution in [3.8, 4) is 0 Å². The molecule has 0 unspecified atom stereocenters. The van der Waals surface area contributed by atoms with E-state index in [9.17, 15) is 18.0 Å². The van der Waals surface area contributed by atoms with Gasteiger partial charge in [-0.15, -0.1) is 5.10 Å². The van der Waals surface area contributed by atoms with Gasteiger partial charge in [0.1, 0.15) is 0 Å². The maximum atomic E-state index is 12.9. The highest BCUT2D eigenvalue weighted by molar-refractivity contribution is 6.11. The normalized spacial score (nSPS) is 15.6. The highest BCUT2D eigenvalue weighted by Crippen LogP contribution is 2.28. The van der Waals surface area contributed by atoms with Gasteiger partial charge in [-0.2, -0.15) is 18.3 Å². The Morgan fingerprint density at radius 3 is 2.76 bits per heavy atom. The Balaban J connectivity index is 1.84. The van der Waals surface area contributed by atoms with Gasteiger partial charge in [0.15, 0.2) is 5.69 Å². The van der Waals surface area contributed by atoms with Gasteiger partial charge in [-0.05, 0) is 43.5 Å². The standard InChI is InChI=1S/C22H23F3N6O2/c1-15-3-4-17(29-21(32)20-11-16(13-28-30-20)22(23,24)25)12-18(15)19(5-6-26-2)27-14-31-7-9-33-10-8-31/h3-6,11-13H,2,7-10,14H2,1H3,(H,29,32)/b6-5-,27-19+. The van der Waals surface area contributed by atoms with Gasteiger partial charge in [-0.25, -0.2) is 0 Å². The van der Waals surface area contributed by atoms with E-state index >= 15 is 0 Å². The first-order chi connectivity index (χ1) is 15.8. The topological polar surface area (TPSA) is 92.1 Å². The van der Waals surface area contributed by atoms with E-state index in [4.69, 9.17) is 4.74 Å². The third kappa shape index (κ3) is 6.77. The molecule has 11 heteroatoms. The number of amides is 1. The summed E-state index contributed by atoms with van der Waals surface area (Å²) in [6, 6.07) is 5.78. The van der Waals surface area contributed by atoms with E-state index in [1.165, 1.54) is 6.20 Å². The molecule has 0 spiro atoms. The van der Waals surface area contributed by atoms with Crippen molar-refractivity contribution >= 4 is 24.0 Å². The van der Waals surface area contributed by atoms with Gasteiger partial charge in [-0.1, -0.05) is 6.07 Å². The molecule has 2 aromatic rings. The number of halogens is 3. The Bertz CT molecular complexity index is 1060. The number of allylic oxidation sites excluding steroid dienone is 1. The summed E-state index contributed by atoms with van der Waals surface area (Å²) in [4.78, 5) is 23.1. The SMILES string of the molecule is C=N/C=C\C(=N/CN1CCOCC1)c1cc(NC(=O)c2cc(C(F)(F)F)cnn2)ccc1C. The molecule has 1 amide bonds. The summed E-state index contributed by atoms with van der Waals surface area (Å²) in [5.41, 5.74) is 1.13. The Labute approximate surface area is 188 Å². The number of aliphatic imine (C=N–C) groups is 2. The lowest BCUT2D eigenvalue weighted by Crippen LogP contribution is -2.36. The lowest BCUT2D eigenvalue weighted by Gasteiger charge is -2.25. The number of nitrogens with one attached hydrogen (secondary N) is 1. The van der Waals surface area contributed by atoms with Gasteiger partial charge in [0, 0.05) is 30.5 Å². The van der Waals surface area contributed by atoms with Crippen molar-refractivity contribution in [2.75, 3.05) is 38.3 Å². The summed E-state index contributed by atoms with van der Waals surface area (Å²) in [5.74, 6) is -0.807. The fraction of sp³-hybridized carbons (Fsp3) is 0.318. The first-order valence-corrected chi connectivity index (χ1v) is 10.1. The molecule has 0 bridgehead atoms. The number of nitrogens with zero attached hydrogens (tertiary/aromatic N) is 5. The first kappa shape index (κ1) is 24.2. The molecule has 8 nitrogen and oxygen atoms in total. The molecule has 3 rings (SSSR count). The number of benzene rings is 1. The van der Waals surface area contributed by atoms with Crippen molar-refractivity contribution in [2.24, 2.45) is 9.98 Å². The van der Waals surface area contributed by atoms with Gasteiger partial charge in [-0.3, -0.25) is 19.7 Å². The number of hydrogen-bond acceptors (Lipinski definition) is 7. The monoisotopic (exact) mass is 460 g/mol. The number of alkyl halides is 3. The maximum Gasteiger partial charge on any atom is 0.418 e. The number of carbonyl (C=O) groups excluding carboxylic acids is 1. The number of aromatic nitrogens is 2. The van der Waals surface area contributed by atoms with Crippen LogP contribution >= 0.6 is 0 Å². The first-order valence-electron chi connectivity index (χ1n) is 10.1. The number of morpholine rings is 1. The summed E-state index contributed by atoms with van der Waals surface area (Å²) in [7, 11) is 0. The van der Waals surface area contributed by atoms with Crippen molar-refractivity contribution in [3.05, 3.63) is 65.1 Å². The number of aryl methyl sites for hydroxylation is 1. The number of anilines is 1. The van der Waals surface area contributed by atoms with Gasteiger partial charge < -0.3 is 10.1 Å². The van der Waals surface area contributed by atoms with Crippen LogP contribution in [0.15, 0.2) is 52.7 Å². The van der Waals surface area contributed by atoms with Crippen LogP contribution in [0.3, 0.4) is 0 Å². The predicted molar refractivity (Wildman–Crippen MR) is 119 cm³/mol. The summed E-state index contributed by atoms with van der Waals surface area (Å²) in [5, 5.41) is 9.37. The second-order valence-corrected chi connectivity index (χ2v) is 7.22. The zero-order valence-corrected chi connectivity index (χ0v) is 18.0. The van der Waals surface area contributed by atoms with Crippen LogP contribution in [-0.2, 0) is 10.9 Å². The molecule has 0 aliphatic carbocycles. The molecular formula is C22H23F3N6O2. The van der Waals surface area contributed by atoms with E-state index < -0.39 is 23.3 Å². The predicted octanol–water partition coefficient (Wildman–Crippen LogP) is 3.35. The lowest BCUT2D eigenvalue weighted by atomic mass is 10.0. The summed E-state index contributed by atoms with van der Waals surface area (Å²) >= 11 is 0. The van der Waals surface area contributed by atoms with E-state index in [-0.39, 0.29) is 0 Å². The van der Waals surface area contributed by atoms with Crippen LogP contribution in [0.5, 0.6) is 0 Å². The van der Waals surface area contributed by atoms with Crippen molar-refractivity contribution < 1.29 is 22.7 Å².